The quantitative estimate of drug-likeness (QED) is 0.850. The molecule has 18 heavy (non-hydrogen) atoms. The summed E-state index contributed by atoms with van der Waals surface area (Å²) in [6.07, 6.45) is 4.63. The van der Waals surface area contributed by atoms with E-state index in [1.165, 1.54) is 0 Å². The number of rotatable bonds is 6. The highest BCUT2D eigenvalue weighted by atomic mass is 16.5. The SMILES string of the molecule is CC[C@@H](N)c1ccc(OCCn2cccn2)cc1. The number of ether oxygens (including phenoxy) is 1. The first kappa shape index (κ1) is 12.6. The van der Waals surface area contributed by atoms with E-state index in [2.05, 4.69) is 12.0 Å². The third kappa shape index (κ3) is 3.34. The van der Waals surface area contributed by atoms with Crippen molar-refractivity contribution in [1.82, 2.24) is 9.78 Å². The smallest absolute Gasteiger partial charge is 0.119 e. The molecule has 0 aliphatic carbocycles. The predicted molar refractivity (Wildman–Crippen MR) is 71.4 cm³/mol. The molecule has 0 saturated carbocycles. The van der Waals surface area contributed by atoms with Crippen molar-refractivity contribution in [2.24, 2.45) is 5.73 Å². The minimum absolute atomic E-state index is 0.114. The van der Waals surface area contributed by atoms with Gasteiger partial charge in [0, 0.05) is 18.4 Å². The molecule has 4 heteroatoms. The molecule has 1 aromatic heterocycles. The molecule has 0 aliphatic heterocycles. The molecule has 2 aromatic rings. The molecule has 2 N–H and O–H groups in total. The standard InChI is InChI=1S/C14H19N3O/c1-2-14(15)12-4-6-13(7-5-12)18-11-10-17-9-3-8-16-17/h3-9,14H,2,10-11,15H2,1H3/t14-/m1/s1. The lowest BCUT2D eigenvalue weighted by Gasteiger charge is -2.10. The second kappa shape index (κ2) is 6.21. The zero-order chi connectivity index (χ0) is 12.8. The Kier molecular flexibility index (Phi) is 4.36. The van der Waals surface area contributed by atoms with Crippen LogP contribution < -0.4 is 10.5 Å². The average Bonchev–Trinajstić information content (AvgIpc) is 2.92. The van der Waals surface area contributed by atoms with Gasteiger partial charge in [-0.15, -0.1) is 0 Å². The van der Waals surface area contributed by atoms with Gasteiger partial charge in [-0.05, 0) is 30.2 Å². The Labute approximate surface area is 107 Å². The lowest BCUT2D eigenvalue weighted by atomic mass is 10.1. The monoisotopic (exact) mass is 245 g/mol. The van der Waals surface area contributed by atoms with Crippen molar-refractivity contribution in [2.75, 3.05) is 6.61 Å². The van der Waals surface area contributed by atoms with Gasteiger partial charge in [-0.2, -0.15) is 5.10 Å². The van der Waals surface area contributed by atoms with Gasteiger partial charge < -0.3 is 10.5 Å². The van der Waals surface area contributed by atoms with Gasteiger partial charge in [0.15, 0.2) is 0 Å². The van der Waals surface area contributed by atoms with Crippen molar-refractivity contribution in [3.8, 4) is 5.75 Å². The Hall–Kier alpha value is -1.81. The van der Waals surface area contributed by atoms with E-state index in [0.717, 1.165) is 24.3 Å². The zero-order valence-corrected chi connectivity index (χ0v) is 10.6. The topological polar surface area (TPSA) is 53.1 Å². The Bertz CT molecular complexity index is 450. The van der Waals surface area contributed by atoms with E-state index in [9.17, 15) is 0 Å². The molecule has 0 spiro atoms. The summed E-state index contributed by atoms with van der Waals surface area (Å²) in [6, 6.07) is 10.0. The van der Waals surface area contributed by atoms with E-state index in [1.54, 1.807) is 6.20 Å². The minimum Gasteiger partial charge on any atom is -0.492 e. The number of aromatic nitrogens is 2. The van der Waals surface area contributed by atoms with Gasteiger partial charge in [0.1, 0.15) is 12.4 Å². The number of nitrogens with zero attached hydrogens (tertiary/aromatic N) is 2. The molecule has 1 heterocycles. The van der Waals surface area contributed by atoms with E-state index in [-0.39, 0.29) is 6.04 Å². The second-order valence-corrected chi connectivity index (χ2v) is 4.20. The first-order valence-corrected chi connectivity index (χ1v) is 6.25. The van der Waals surface area contributed by atoms with Crippen LogP contribution in [0.15, 0.2) is 42.7 Å². The molecule has 4 nitrogen and oxygen atoms in total. The van der Waals surface area contributed by atoms with Crippen molar-refractivity contribution in [1.29, 1.82) is 0 Å². The Morgan fingerprint density at radius 3 is 2.72 bits per heavy atom. The summed E-state index contributed by atoms with van der Waals surface area (Å²) in [7, 11) is 0. The van der Waals surface area contributed by atoms with Crippen molar-refractivity contribution in [2.45, 2.75) is 25.9 Å². The summed E-state index contributed by atoms with van der Waals surface area (Å²) < 4.78 is 7.49. The lowest BCUT2D eigenvalue weighted by Crippen LogP contribution is -2.09. The van der Waals surface area contributed by atoms with E-state index >= 15 is 0 Å². The maximum atomic E-state index is 5.96. The number of hydrogen-bond donors (Lipinski definition) is 1. The van der Waals surface area contributed by atoms with Crippen LogP contribution in [-0.2, 0) is 6.54 Å². The fourth-order valence-corrected chi connectivity index (χ4v) is 1.74. The van der Waals surface area contributed by atoms with E-state index < -0.39 is 0 Å². The van der Waals surface area contributed by atoms with E-state index in [0.29, 0.717) is 6.61 Å². The highest BCUT2D eigenvalue weighted by molar-refractivity contribution is 5.28. The zero-order valence-electron chi connectivity index (χ0n) is 10.6. The molecular weight excluding hydrogens is 226 g/mol. The van der Waals surface area contributed by atoms with Gasteiger partial charge in [0.05, 0.1) is 6.54 Å². The van der Waals surface area contributed by atoms with Crippen LogP contribution in [-0.4, -0.2) is 16.4 Å². The number of nitrogens with two attached hydrogens (primary N) is 1. The molecular formula is C14H19N3O. The molecule has 0 amide bonds. The average molecular weight is 245 g/mol. The first-order valence-electron chi connectivity index (χ1n) is 6.25. The highest BCUT2D eigenvalue weighted by Crippen LogP contribution is 2.18. The maximum absolute atomic E-state index is 5.96. The van der Waals surface area contributed by atoms with E-state index in [4.69, 9.17) is 10.5 Å². The van der Waals surface area contributed by atoms with Gasteiger partial charge in [0.2, 0.25) is 0 Å². The fraction of sp³-hybridized carbons (Fsp3) is 0.357. The largest absolute Gasteiger partial charge is 0.492 e. The first-order chi connectivity index (χ1) is 8.79. The Balaban J connectivity index is 1.83. The summed E-state index contributed by atoms with van der Waals surface area (Å²) in [6.45, 7) is 3.45. The minimum atomic E-state index is 0.114. The van der Waals surface area contributed by atoms with Crippen molar-refractivity contribution in [3.05, 3.63) is 48.3 Å². The molecule has 0 aliphatic rings. The summed E-state index contributed by atoms with van der Waals surface area (Å²) >= 11 is 0. The van der Waals surface area contributed by atoms with Crippen molar-refractivity contribution < 1.29 is 4.74 Å². The summed E-state index contributed by atoms with van der Waals surface area (Å²) in [5, 5.41) is 4.12. The molecule has 0 bridgehead atoms. The van der Waals surface area contributed by atoms with Crippen molar-refractivity contribution in [3.63, 3.8) is 0 Å². The van der Waals surface area contributed by atoms with Crippen molar-refractivity contribution >= 4 is 0 Å². The number of hydrogen-bond acceptors (Lipinski definition) is 3. The van der Waals surface area contributed by atoms with Crippen LogP contribution in [0.3, 0.4) is 0 Å². The normalized spacial score (nSPS) is 12.3. The van der Waals surface area contributed by atoms with Gasteiger partial charge in [-0.25, -0.2) is 0 Å². The van der Waals surface area contributed by atoms with Gasteiger partial charge in [-0.3, -0.25) is 4.68 Å². The Morgan fingerprint density at radius 2 is 2.11 bits per heavy atom. The van der Waals surface area contributed by atoms with Gasteiger partial charge >= 0.3 is 0 Å². The van der Waals surface area contributed by atoms with Crippen LogP contribution >= 0.6 is 0 Å². The second-order valence-electron chi connectivity index (χ2n) is 4.20. The molecule has 1 atom stereocenters. The van der Waals surface area contributed by atoms with Crippen LogP contribution in [0.25, 0.3) is 0 Å². The maximum Gasteiger partial charge on any atom is 0.119 e. The fourth-order valence-electron chi connectivity index (χ4n) is 1.74. The van der Waals surface area contributed by atoms with Crippen LogP contribution in [0.2, 0.25) is 0 Å². The molecule has 96 valence electrons. The summed E-state index contributed by atoms with van der Waals surface area (Å²) in [5.74, 6) is 0.870. The number of benzene rings is 1. The lowest BCUT2D eigenvalue weighted by molar-refractivity contribution is 0.291. The van der Waals surface area contributed by atoms with Gasteiger partial charge in [0.25, 0.3) is 0 Å². The molecule has 2 rings (SSSR count). The third-order valence-corrected chi connectivity index (χ3v) is 2.90. The van der Waals surface area contributed by atoms with Crippen LogP contribution in [0, 0.1) is 0 Å². The Morgan fingerprint density at radius 1 is 1.33 bits per heavy atom. The molecule has 1 aromatic carbocycles. The molecule has 0 fully saturated rings. The highest BCUT2D eigenvalue weighted by Gasteiger charge is 2.02. The molecule has 0 unspecified atom stereocenters. The predicted octanol–water partition coefficient (Wildman–Crippen LogP) is 2.37. The van der Waals surface area contributed by atoms with Gasteiger partial charge in [-0.1, -0.05) is 19.1 Å². The molecule has 0 radical (unpaired) electrons. The van der Waals surface area contributed by atoms with E-state index in [1.807, 2.05) is 41.2 Å². The molecule has 0 saturated heterocycles. The van der Waals surface area contributed by atoms with Crippen LogP contribution in [0.1, 0.15) is 24.9 Å². The van der Waals surface area contributed by atoms with Crippen LogP contribution in [0.4, 0.5) is 0 Å². The third-order valence-electron chi connectivity index (χ3n) is 2.90. The van der Waals surface area contributed by atoms with Crippen LogP contribution in [0.5, 0.6) is 5.75 Å². The summed E-state index contributed by atoms with van der Waals surface area (Å²) in [5.41, 5.74) is 7.11. The summed E-state index contributed by atoms with van der Waals surface area (Å²) in [4.78, 5) is 0.